The van der Waals surface area contributed by atoms with E-state index in [1.165, 1.54) is 18.2 Å². The number of rotatable bonds is 3. The Morgan fingerprint density at radius 2 is 2.00 bits per heavy atom. The van der Waals surface area contributed by atoms with Gasteiger partial charge < -0.3 is 11.1 Å². The lowest BCUT2D eigenvalue weighted by Crippen LogP contribution is -2.18. The highest BCUT2D eigenvalue weighted by Crippen LogP contribution is 2.24. The molecule has 7 heteroatoms. The first-order valence-corrected chi connectivity index (χ1v) is 7.32. The molecule has 0 radical (unpaired) electrons. The van der Waals surface area contributed by atoms with E-state index in [4.69, 9.17) is 29.6 Å². The molecule has 0 saturated carbocycles. The molecule has 0 unspecified atom stereocenters. The molecule has 0 spiro atoms. The van der Waals surface area contributed by atoms with Crippen molar-refractivity contribution in [2.24, 2.45) is 5.73 Å². The minimum absolute atomic E-state index is 0.00193. The average molecular weight is 388 g/mol. The van der Waals surface area contributed by atoms with Crippen molar-refractivity contribution in [2.45, 2.75) is 0 Å². The van der Waals surface area contributed by atoms with Crippen LogP contribution in [-0.2, 0) is 0 Å². The number of amides is 1. The number of nitrogens with two attached hydrogens (primary N) is 1. The summed E-state index contributed by atoms with van der Waals surface area (Å²) >= 11 is 14.0. The lowest BCUT2D eigenvalue weighted by Gasteiger charge is -2.10. The van der Waals surface area contributed by atoms with Crippen LogP contribution >= 0.6 is 39.7 Å². The van der Waals surface area contributed by atoms with Gasteiger partial charge in [-0.25, -0.2) is 4.39 Å². The van der Waals surface area contributed by atoms with Gasteiger partial charge in [0.05, 0.1) is 10.7 Å². The predicted octanol–water partition coefficient (Wildman–Crippen LogP) is 4.13. The third-order valence-corrected chi connectivity index (χ3v) is 4.11. The smallest absolute Gasteiger partial charge is 0.255 e. The normalized spacial score (nSPS) is 10.2. The number of hydrogen-bond acceptors (Lipinski definition) is 2. The molecule has 2 aromatic rings. The van der Waals surface area contributed by atoms with Crippen LogP contribution < -0.4 is 11.1 Å². The third kappa shape index (κ3) is 3.78. The van der Waals surface area contributed by atoms with E-state index in [1.54, 1.807) is 18.2 Å². The van der Waals surface area contributed by atoms with E-state index in [-0.39, 0.29) is 16.5 Å². The van der Waals surface area contributed by atoms with Crippen molar-refractivity contribution in [2.75, 3.05) is 5.32 Å². The van der Waals surface area contributed by atoms with Gasteiger partial charge in [0.25, 0.3) is 5.91 Å². The topological polar surface area (TPSA) is 55.1 Å². The molecule has 2 aromatic carbocycles. The SMILES string of the molecule is NC(=S)c1cc(F)ccc1NC(=O)c1ccc(Cl)c(Br)c1. The van der Waals surface area contributed by atoms with E-state index in [9.17, 15) is 9.18 Å². The maximum atomic E-state index is 13.2. The molecule has 0 aliphatic rings. The predicted molar refractivity (Wildman–Crippen MR) is 89.4 cm³/mol. The fraction of sp³-hybridized carbons (Fsp3) is 0. The van der Waals surface area contributed by atoms with Crippen LogP contribution in [0.25, 0.3) is 0 Å². The molecule has 21 heavy (non-hydrogen) atoms. The molecule has 2 rings (SSSR count). The van der Waals surface area contributed by atoms with E-state index in [1.807, 2.05) is 0 Å². The minimum Gasteiger partial charge on any atom is -0.389 e. The van der Waals surface area contributed by atoms with Crippen LogP contribution in [0.5, 0.6) is 0 Å². The highest BCUT2D eigenvalue weighted by molar-refractivity contribution is 9.10. The van der Waals surface area contributed by atoms with Crippen molar-refractivity contribution in [1.29, 1.82) is 0 Å². The number of nitrogens with one attached hydrogen (secondary N) is 1. The molecular formula is C14H9BrClFN2OS. The first kappa shape index (κ1) is 15.9. The van der Waals surface area contributed by atoms with Gasteiger partial charge in [-0.2, -0.15) is 0 Å². The highest BCUT2D eigenvalue weighted by atomic mass is 79.9. The second-order valence-corrected chi connectivity index (χ2v) is 5.84. The van der Waals surface area contributed by atoms with E-state index in [2.05, 4.69) is 21.2 Å². The third-order valence-electron chi connectivity index (χ3n) is 2.68. The summed E-state index contributed by atoms with van der Waals surface area (Å²) in [6, 6.07) is 8.56. The molecule has 0 saturated heterocycles. The van der Waals surface area contributed by atoms with E-state index >= 15 is 0 Å². The molecule has 108 valence electrons. The zero-order valence-electron chi connectivity index (χ0n) is 10.5. The van der Waals surface area contributed by atoms with Crippen molar-refractivity contribution in [3.63, 3.8) is 0 Å². The molecule has 0 aliphatic heterocycles. The largest absolute Gasteiger partial charge is 0.389 e. The summed E-state index contributed by atoms with van der Waals surface area (Å²) in [6.07, 6.45) is 0. The number of carbonyl (C=O) groups excluding carboxylic acids is 1. The number of halogens is 3. The quantitative estimate of drug-likeness (QED) is 0.779. The summed E-state index contributed by atoms with van der Waals surface area (Å²) < 4.78 is 13.8. The van der Waals surface area contributed by atoms with Crippen LogP contribution in [0.2, 0.25) is 5.02 Å². The van der Waals surface area contributed by atoms with Crippen molar-refractivity contribution in [3.05, 3.63) is 62.8 Å². The number of anilines is 1. The Morgan fingerprint density at radius 1 is 1.29 bits per heavy atom. The molecule has 0 atom stereocenters. The molecular weight excluding hydrogens is 379 g/mol. The summed E-state index contributed by atoms with van der Waals surface area (Å²) in [5.74, 6) is -0.860. The van der Waals surface area contributed by atoms with Gasteiger partial charge in [0.2, 0.25) is 0 Å². The average Bonchev–Trinajstić information content (AvgIpc) is 2.43. The molecule has 0 bridgehead atoms. The van der Waals surface area contributed by atoms with Gasteiger partial charge >= 0.3 is 0 Å². The number of hydrogen-bond donors (Lipinski definition) is 2. The van der Waals surface area contributed by atoms with Crippen molar-refractivity contribution >= 4 is 56.3 Å². The highest BCUT2D eigenvalue weighted by Gasteiger charge is 2.12. The lowest BCUT2D eigenvalue weighted by molar-refractivity contribution is 0.102. The molecule has 3 N–H and O–H groups in total. The number of benzene rings is 2. The van der Waals surface area contributed by atoms with Gasteiger partial charge in [0.1, 0.15) is 10.8 Å². The number of thiocarbonyl (C=S) groups is 1. The minimum atomic E-state index is -0.481. The Labute approximate surface area is 139 Å². The molecule has 1 amide bonds. The maximum absolute atomic E-state index is 13.2. The van der Waals surface area contributed by atoms with E-state index in [0.29, 0.717) is 20.7 Å². The van der Waals surface area contributed by atoms with Gasteiger partial charge in [-0.05, 0) is 52.3 Å². The van der Waals surface area contributed by atoms with E-state index < -0.39 is 5.82 Å². The molecule has 3 nitrogen and oxygen atoms in total. The molecule has 0 heterocycles. The standard InChI is InChI=1S/C14H9BrClFN2OS/c15-10-5-7(1-3-11(10)16)14(20)19-12-4-2-8(17)6-9(12)13(18)21/h1-6H,(H2,18,21)(H,19,20). The fourth-order valence-electron chi connectivity index (χ4n) is 1.66. The number of carbonyl (C=O) groups is 1. The van der Waals surface area contributed by atoms with Crippen LogP contribution in [-0.4, -0.2) is 10.9 Å². The Bertz CT molecular complexity index is 739. The van der Waals surface area contributed by atoms with Crippen molar-refractivity contribution in [1.82, 2.24) is 0 Å². The van der Waals surface area contributed by atoms with Crippen LogP contribution in [0.1, 0.15) is 15.9 Å². The first-order valence-electron chi connectivity index (χ1n) is 5.74. The summed E-state index contributed by atoms with van der Waals surface area (Å²) in [4.78, 5) is 12.2. The van der Waals surface area contributed by atoms with E-state index in [0.717, 1.165) is 0 Å². The monoisotopic (exact) mass is 386 g/mol. The molecule has 0 aromatic heterocycles. The van der Waals surface area contributed by atoms with Gasteiger partial charge in [0.15, 0.2) is 0 Å². The van der Waals surface area contributed by atoms with Crippen LogP contribution in [0.4, 0.5) is 10.1 Å². The van der Waals surface area contributed by atoms with Crippen LogP contribution in [0.15, 0.2) is 40.9 Å². The van der Waals surface area contributed by atoms with Crippen molar-refractivity contribution < 1.29 is 9.18 Å². The van der Waals surface area contributed by atoms with Crippen molar-refractivity contribution in [3.8, 4) is 0 Å². The summed E-state index contributed by atoms with van der Waals surface area (Å²) in [6.45, 7) is 0. The zero-order chi connectivity index (χ0) is 15.6. The first-order chi connectivity index (χ1) is 9.88. The maximum Gasteiger partial charge on any atom is 0.255 e. The second-order valence-electron chi connectivity index (χ2n) is 4.14. The fourth-order valence-corrected chi connectivity index (χ4v) is 2.33. The van der Waals surface area contributed by atoms with Crippen LogP contribution in [0.3, 0.4) is 0 Å². The van der Waals surface area contributed by atoms with Gasteiger partial charge in [0, 0.05) is 15.6 Å². The summed E-state index contributed by atoms with van der Waals surface area (Å²) in [7, 11) is 0. The Balaban J connectivity index is 2.31. The van der Waals surface area contributed by atoms with Gasteiger partial charge in [-0.15, -0.1) is 0 Å². The molecule has 0 fully saturated rings. The summed E-state index contributed by atoms with van der Waals surface area (Å²) in [5, 5.41) is 3.14. The second kappa shape index (κ2) is 6.51. The Kier molecular flexibility index (Phi) is 4.92. The lowest BCUT2D eigenvalue weighted by atomic mass is 10.1. The van der Waals surface area contributed by atoms with Crippen LogP contribution in [0, 0.1) is 5.82 Å². The zero-order valence-corrected chi connectivity index (χ0v) is 13.7. The summed E-state index contributed by atoms with van der Waals surface area (Å²) in [5.41, 5.74) is 6.54. The Morgan fingerprint density at radius 3 is 2.62 bits per heavy atom. The van der Waals surface area contributed by atoms with Gasteiger partial charge in [-0.3, -0.25) is 4.79 Å². The molecule has 0 aliphatic carbocycles. The Hall–Kier alpha value is -1.50. The van der Waals surface area contributed by atoms with Gasteiger partial charge in [-0.1, -0.05) is 23.8 Å².